The van der Waals surface area contributed by atoms with Gasteiger partial charge in [0.1, 0.15) is 5.15 Å². The van der Waals surface area contributed by atoms with Crippen LogP contribution in [0.5, 0.6) is 0 Å². The molecule has 0 radical (unpaired) electrons. The van der Waals surface area contributed by atoms with Gasteiger partial charge < -0.3 is 9.26 Å². The van der Waals surface area contributed by atoms with Gasteiger partial charge in [0.05, 0.1) is 24.3 Å². The number of aromatic nitrogens is 5. The number of hydrogen-bond acceptors (Lipinski definition) is 7. The van der Waals surface area contributed by atoms with Gasteiger partial charge in [-0.05, 0) is 38.3 Å². The Labute approximate surface area is 166 Å². The standard InChI is InChI=1S/C19H20ClN5O3/c1-18(2,17(26)27-3)25-11-12(9-22-25)15-23-16(24-28-15)19(7-4-8-19)13-5-6-14(20)21-10-13/h5-6,9-11H,4,7-8H2,1-3H3. The highest BCUT2D eigenvalue weighted by atomic mass is 35.5. The summed E-state index contributed by atoms with van der Waals surface area (Å²) in [6.07, 6.45) is 7.99. The molecule has 0 bridgehead atoms. The van der Waals surface area contributed by atoms with Crippen LogP contribution in [-0.2, 0) is 20.5 Å². The van der Waals surface area contributed by atoms with Crippen molar-refractivity contribution in [2.24, 2.45) is 0 Å². The number of esters is 1. The first-order chi connectivity index (χ1) is 13.4. The molecule has 0 aromatic carbocycles. The zero-order valence-corrected chi connectivity index (χ0v) is 16.6. The summed E-state index contributed by atoms with van der Waals surface area (Å²) in [6.45, 7) is 3.46. The van der Waals surface area contributed by atoms with Crippen LogP contribution in [-0.4, -0.2) is 38.0 Å². The number of halogens is 1. The Balaban J connectivity index is 1.65. The highest BCUT2D eigenvalue weighted by Gasteiger charge is 2.45. The van der Waals surface area contributed by atoms with E-state index >= 15 is 0 Å². The Hall–Kier alpha value is -2.74. The fraction of sp³-hybridized carbons (Fsp3) is 0.421. The quantitative estimate of drug-likeness (QED) is 0.477. The normalized spacial score (nSPS) is 15.9. The lowest BCUT2D eigenvalue weighted by atomic mass is 9.64. The van der Waals surface area contributed by atoms with Gasteiger partial charge in [0.15, 0.2) is 11.4 Å². The molecule has 1 fully saturated rings. The van der Waals surface area contributed by atoms with Gasteiger partial charge in [0, 0.05) is 12.4 Å². The summed E-state index contributed by atoms with van der Waals surface area (Å²) in [5, 5.41) is 8.95. The topological polar surface area (TPSA) is 95.9 Å². The first-order valence-electron chi connectivity index (χ1n) is 8.97. The van der Waals surface area contributed by atoms with Crippen LogP contribution in [0, 0.1) is 0 Å². The van der Waals surface area contributed by atoms with E-state index in [2.05, 4.69) is 20.2 Å². The number of carbonyl (C=O) groups is 1. The van der Waals surface area contributed by atoms with Crippen molar-refractivity contribution in [3.05, 3.63) is 47.3 Å². The highest BCUT2D eigenvalue weighted by molar-refractivity contribution is 6.29. The molecule has 3 heterocycles. The van der Waals surface area contributed by atoms with Crippen molar-refractivity contribution in [2.45, 2.75) is 44.1 Å². The molecule has 0 atom stereocenters. The zero-order valence-electron chi connectivity index (χ0n) is 15.8. The van der Waals surface area contributed by atoms with Gasteiger partial charge in [-0.3, -0.25) is 4.68 Å². The molecule has 8 nitrogen and oxygen atoms in total. The summed E-state index contributed by atoms with van der Waals surface area (Å²) in [7, 11) is 1.35. The van der Waals surface area contributed by atoms with Gasteiger partial charge in [-0.2, -0.15) is 10.1 Å². The number of hydrogen-bond donors (Lipinski definition) is 0. The second kappa shape index (κ2) is 6.70. The average molecular weight is 402 g/mol. The van der Waals surface area contributed by atoms with E-state index in [0.29, 0.717) is 22.4 Å². The fourth-order valence-corrected chi connectivity index (χ4v) is 3.56. The molecular formula is C19H20ClN5O3. The Morgan fingerprint density at radius 1 is 1.32 bits per heavy atom. The lowest BCUT2D eigenvalue weighted by Gasteiger charge is -2.39. The van der Waals surface area contributed by atoms with E-state index in [9.17, 15) is 4.79 Å². The van der Waals surface area contributed by atoms with Crippen molar-refractivity contribution in [1.29, 1.82) is 0 Å². The summed E-state index contributed by atoms with van der Waals surface area (Å²) in [4.78, 5) is 20.8. The molecule has 0 amide bonds. The maximum absolute atomic E-state index is 12.0. The monoisotopic (exact) mass is 401 g/mol. The molecule has 1 saturated carbocycles. The second-order valence-corrected chi connectivity index (χ2v) is 7.84. The largest absolute Gasteiger partial charge is 0.467 e. The molecule has 28 heavy (non-hydrogen) atoms. The lowest BCUT2D eigenvalue weighted by molar-refractivity contribution is -0.150. The van der Waals surface area contributed by atoms with Crippen molar-refractivity contribution in [3.63, 3.8) is 0 Å². The maximum atomic E-state index is 12.0. The van der Waals surface area contributed by atoms with Gasteiger partial charge in [-0.15, -0.1) is 0 Å². The van der Waals surface area contributed by atoms with Crippen molar-refractivity contribution >= 4 is 17.6 Å². The Bertz CT molecular complexity index is 1000. The van der Waals surface area contributed by atoms with E-state index in [4.69, 9.17) is 20.9 Å². The van der Waals surface area contributed by atoms with Gasteiger partial charge in [-0.25, -0.2) is 9.78 Å². The second-order valence-electron chi connectivity index (χ2n) is 7.45. The summed E-state index contributed by atoms with van der Waals surface area (Å²) in [5.74, 6) is 0.588. The molecule has 1 aliphatic rings. The minimum Gasteiger partial charge on any atom is -0.467 e. The minimum absolute atomic E-state index is 0.305. The first-order valence-corrected chi connectivity index (χ1v) is 9.35. The van der Waals surface area contributed by atoms with Crippen LogP contribution in [0.25, 0.3) is 11.5 Å². The summed E-state index contributed by atoms with van der Waals surface area (Å²) < 4.78 is 11.9. The third-order valence-corrected chi connectivity index (χ3v) is 5.65. The number of carbonyl (C=O) groups excluding carboxylic acids is 1. The predicted octanol–water partition coefficient (Wildman–Crippen LogP) is 3.36. The van der Waals surface area contributed by atoms with Gasteiger partial charge in [-0.1, -0.05) is 29.2 Å². The van der Waals surface area contributed by atoms with E-state index < -0.39 is 11.5 Å². The average Bonchev–Trinajstić information content (AvgIpc) is 3.31. The van der Waals surface area contributed by atoms with E-state index in [-0.39, 0.29) is 5.41 Å². The molecule has 0 aliphatic heterocycles. The van der Waals surface area contributed by atoms with E-state index in [1.54, 1.807) is 38.5 Å². The number of pyridine rings is 1. The fourth-order valence-electron chi connectivity index (χ4n) is 3.45. The third kappa shape index (κ3) is 2.88. The van der Waals surface area contributed by atoms with Crippen LogP contribution in [0.4, 0.5) is 0 Å². The molecule has 3 aromatic rings. The smallest absolute Gasteiger partial charge is 0.333 e. The van der Waals surface area contributed by atoms with E-state index in [0.717, 1.165) is 24.8 Å². The molecule has 4 rings (SSSR count). The molecule has 3 aromatic heterocycles. The maximum Gasteiger partial charge on any atom is 0.333 e. The molecule has 1 aliphatic carbocycles. The molecular weight excluding hydrogens is 382 g/mol. The number of methoxy groups -OCH3 is 1. The van der Waals surface area contributed by atoms with E-state index in [1.807, 2.05) is 6.07 Å². The Morgan fingerprint density at radius 3 is 2.71 bits per heavy atom. The first kappa shape index (κ1) is 18.6. The third-order valence-electron chi connectivity index (χ3n) is 5.43. The molecule has 0 N–H and O–H groups in total. The van der Waals surface area contributed by atoms with Crippen molar-refractivity contribution in [2.75, 3.05) is 7.11 Å². The van der Waals surface area contributed by atoms with Gasteiger partial charge in [0.25, 0.3) is 5.89 Å². The Morgan fingerprint density at radius 2 is 2.11 bits per heavy atom. The van der Waals surface area contributed by atoms with Crippen LogP contribution in [0.1, 0.15) is 44.5 Å². The summed E-state index contributed by atoms with van der Waals surface area (Å²) >= 11 is 5.92. The zero-order chi connectivity index (χ0) is 19.9. The summed E-state index contributed by atoms with van der Waals surface area (Å²) in [5.41, 5.74) is 0.415. The summed E-state index contributed by atoms with van der Waals surface area (Å²) in [6, 6.07) is 3.73. The van der Waals surface area contributed by atoms with E-state index in [1.165, 1.54) is 11.8 Å². The lowest BCUT2D eigenvalue weighted by Crippen LogP contribution is -2.37. The van der Waals surface area contributed by atoms with Crippen LogP contribution < -0.4 is 0 Å². The molecule has 146 valence electrons. The highest BCUT2D eigenvalue weighted by Crippen LogP contribution is 2.48. The van der Waals surface area contributed by atoms with Crippen LogP contribution >= 0.6 is 11.6 Å². The number of ether oxygens (including phenoxy) is 1. The number of rotatable bonds is 5. The molecule has 0 unspecified atom stereocenters. The van der Waals surface area contributed by atoms with Crippen molar-refractivity contribution in [3.8, 4) is 11.5 Å². The van der Waals surface area contributed by atoms with Crippen molar-refractivity contribution < 1.29 is 14.1 Å². The molecule has 0 saturated heterocycles. The Kier molecular flexibility index (Phi) is 4.45. The van der Waals surface area contributed by atoms with Crippen molar-refractivity contribution in [1.82, 2.24) is 24.9 Å². The van der Waals surface area contributed by atoms with Gasteiger partial charge >= 0.3 is 5.97 Å². The van der Waals surface area contributed by atoms with Crippen LogP contribution in [0.3, 0.4) is 0 Å². The minimum atomic E-state index is -0.944. The predicted molar refractivity (Wildman–Crippen MR) is 101 cm³/mol. The van der Waals surface area contributed by atoms with Crippen LogP contribution in [0.2, 0.25) is 5.15 Å². The number of nitrogens with zero attached hydrogens (tertiary/aromatic N) is 5. The van der Waals surface area contributed by atoms with Crippen LogP contribution in [0.15, 0.2) is 35.2 Å². The van der Waals surface area contributed by atoms with Gasteiger partial charge in [0.2, 0.25) is 0 Å². The molecule has 9 heteroatoms. The molecule has 0 spiro atoms. The SMILES string of the molecule is COC(=O)C(C)(C)n1cc(-c2nc(C3(c4ccc(Cl)nc4)CCC3)no2)cn1.